The highest BCUT2D eigenvalue weighted by atomic mass is 35.5. The molecule has 0 radical (unpaired) electrons. The molecule has 0 aliphatic heterocycles. The summed E-state index contributed by atoms with van der Waals surface area (Å²) < 4.78 is 4.66. The molecule has 1 aromatic heterocycles. The molecule has 17 heavy (non-hydrogen) atoms. The summed E-state index contributed by atoms with van der Waals surface area (Å²) >= 11 is 11.6. The van der Waals surface area contributed by atoms with Crippen LogP contribution in [0.4, 0.5) is 5.82 Å². The van der Waals surface area contributed by atoms with Gasteiger partial charge in [0.15, 0.2) is 5.15 Å². The molecule has 0 spiro atoms. The van der Waals surface area contributed by atoms with Crippen molar-refractivity contribution in [3.8, 4) is 0 Å². The van der Waals surface area contributed by atoms with Gasteiger partial charge in [0.25, 0.3) is 0 Å². The highest BCUT2D eigenvalue weighted by molar-refractivity contribution is 6.34. The number of hydrogen-bond acceptors (Lipinski definition) is 5. The molecule has 0 aromatic carbocycles. The standard InChI is InChI=1S/C10H13Cl2N3O2/c1-4-15(5-2)8-6(9(16)17-3)7(11)13-10(12)14-8/h4-5H2,1-3H3. The molecule has 0 unspecified atom stereocenters. The second kappa shape index (κ2) is 6.02. The Labute approximate surface area is 110 Å². The van der Waals surface area contributed by atoms with Crippen LogP contribution in [0.2, 0.25) is 10.4 Å². The minimum Gasteiger partial charge on any atom is -0.465 e. The number of rotatable bonds is 4. The van der Waals surface area contributed by atoms with E-state index in [1.165, 1.54) is 7.11 Å². The predicted molar refractivity (Wildman–Crippen MR) is 67.0 cm³/mol. The van der Waals surface area contributed by atoms with Crippen LogP contribution in [0.1, 0.15) is 24.2 Å². The molecule has 0 saturated heterocycles. The van der Waals surface area contributed by atoms with Crippen LogP contribution in [0, 0.1) is 0 Å². The minimum absolute atomic E-state index is 0.00116. The second-order valence-corrected chi connectivity index (χ2v) is 3.84. The molecule has 1 aromatic rings. The van der Waals surface area contributed by atoms with Crippen LogP contribution in [0.25, 0.3) is 0 Å². The van der Waals surface area contributed by atoms with Crippen LogP contribution in [-0.2, 0) is 4.74 Å². The number of hydrogen-bond donors (Lipinski definition) is 0. The van der Waals surface area contributed by atoms with Gasteiger partial charge in [0.1, 0.15) is 11.4 Å². The van der Waals surface area contributed by atoms with Crippen LogP contribution < -0.4 is 4.90 Å². The zero-order chi connectivity index (χ0) is 13.0. The topological polar surface area (TPSA) is 55.3 Å². The molecule has 0 amide bonds. The lowest BCUT2D eigenvalue weighted by molar-refractivity contribution is 0.0600. The highest BCUT2D eigenvalue weighted by Gasteiger charge is 2.23. The zero-order valence-electron chi connectivity index (χ0n) is 9.83. The van der Waals surface area contributed by atoms with Gasteiger partial charge in [-0.2, -0.15) is 4.98 Å². The number of anilines is 1. The van der Waals surface area contributed by atoms with E-state index >= 15 is 0 Å². The number of ether oxygens (including phenoxy) is 1. The quantitative estimate of drug-likeness (QED) is 0.481. The Bertz CT molecular complexity index is 422. The third-order valence-corrected chi connectivity index (χ3v) is 2.71. The van der Waals surface area contributed by atoms with Crippen molar-refractivity contribution in [2.24, 2.45) is 0 Å². The van der Waals surface area contributed by atoms with Crippen LogP contribution >= 0.6 is 23.2 Å². The molecule has 94 valence electrons. The van der Waals surface area contributed by atoms with Gasteiger partial charge < -0.3 is 9.64 Å². The molecule has 0 atom stereocenters. The molecule has 1 rings (SSSR count). The van der Waals surface area contributed by atoms with E-state index in [0.717, 1.165) is 0 Å². The first kappa shape index (κ1) is 14.0. The largest absolute Gasteiger partial charge is 0.465 e. The van der Waals surface area contributed by atoms with Crippen molar-refractivity contribution in [2.75, 3.05) is 25.1 Å². The predicted octanol–water partition coefficient (Wildman–Crippen LogP) is 2.42. The third-order valence-electron chi connectivity index (χ3n) is 2.27. The lowest BCUT2D eigenvalue weighted by Crippen LogP contribution is -2.26. The second-order valence-electron chi connectivity index (χ2n) is 3.15. The average molecular weight is 278 g/mol. The van der Waals surface area contributed by atoms with Gasteiger partial charge in [-0.3, -0.25) is 0 Å². The maximum absolute atomic E-state index is 11.6. The van der Waals surface area contributed by atoms with Crippen molar-refractivity contribution in [2.45, 2.75) is 13.8 Å². The molecule has 0 fully saturated rings. The molecule has 0 saturated carbocycles. The number of carbonyl (C=O) groups is 1. The highest BCUT2D eigenvalue weighted by Crippen LogP contribution is 2.26. The van der Waals surface area contributed by atoms with E-state index < -0.39 is 5.97 Å². The molecule has 5 nitrogen and oxygen atoms in total. The Kier molecular flexibility index (Phi) is 4.96. The Hall–Kier alpha value is -1.07. The molecule has 0 aliphatic carbocycles. The number of halogens is 2. The van der Waals surface area contributed by atoms with Crippen molar-refractivity contribution in [3.63, 3.8) is 0 Å². The lowest BCUT2D eigenvalue weighted by Gasteiger charge is -2.22. The van der Waals surface area contributed by atoms with E-state index in [1.807, 2.05) is 18.7 Å². The lowest BCUT2D eigenvalue weighted by atomic mass is 10.3. The SMILES string of the molecule is CCN(CC)c1nc(Cl)nc(Cl)c1C(=O)OC. The van der Waals surface area contributed by atoms with Crippen LogP contribution in [0.5, 0.6) is 0 Å². The fourth-order valence-corrected chi connectivity index (χ4v) is 1.88. The zero-order valence-corrected chi connectivity index (χ0v) is 11.3. The summed E-state index contributed by atoms with van der Waals surface area (Å²) in [5.74, 6) is -0.180. The van der Waals surface area contributed by atoms with E-state index in [0.29, 0.717) is 18.9 Å². The Morgan fingerprint density at radius 3 is 2.35 bits per heavy atom. The fraction of sp³-hybridized carbons (Fsp3) is 0.500. The van der Waals surface area contributed by atoms with Crippen LogP contribution in [-0.4, -0.2) is 36.1 Å². The first-order valence-electron chi connectivity index (χ1n) is 5.11. The van der Waals surface area contributed by atoms with Gasteiger partial charge in [0.2, 0.25) is 5.28 Å². The minimum atomic E-state index is -0.575. The molecule has 1 heterocycles. The van der Waals surface area contributed by atoms with Gasteiger partial charge in [-0.05, 0) is 25.4 Å². The van der Waals surface area contributed by atoms with E-state index in [4.69, 9.17) is 23.2 Å². The van der Waals surface area contributed by atoms with Crippen molar-refractivity contribution in [1.29, 1.82) is 0 Å². The number of carbonyl (C=O) groups excluding carboxylic acids is 1. The van der Waals surface area contributed by atoms with Gasteiger partial charge in [-0.1, -0.05) is 11.6 Å². The molecular weight excluding hydrogens is 265 g/mol. The van der Waals surface area contributed by atoms with E-state index in [1.54, 1.807) is 0 Å². The molecule has 7 heteroatoms. The molecule has 0 bridgehead atoms. The molecule has 0 N–H and O–H groups in total. The van der Waals surface area contributed by atoms with Crippen molar-refractivity contribution in [1.82, 2.24) is 9.97 Å². The summed E-state index contributed by atoms with van der Waals surface area (Å²) in [5, 5.41) is 0.00306. The smallest absolute Gasteiger partial charge is 0.344 e. The van der Waals surface area contributed by atoms with Crippen molar-refractivity contribution >= 4 is 35.0 Å². The van der Waals surface area contributed by atoms with Gasteiger partial charge in [0.05, 0.1) is 7.11 Å². The first-order valence-corrected chi connectivity index (χ1v) is 5.87. The van der Waals surface area contributed by atoms with Crippen LogP contribution in [0.3, 0.4) is 0 Å². The normalized spacial score (nSPS) is 10.2. The molecule has 0 aliphatic rings. The summed E-state index contributed by atoms with van der Waals surface area (Å²) in [6, 6.07) is 0. The monoisotopic (exact) mass is 277 g/mol. The van der Waals surface area contributed by atoms with E-state index in [-0.39, 0.29) is 16.0 Å². The Morgan fingerprint density at radius 2 is 1.88 bits per heavy atom. The third kappa shape index (κ3) is 2.98. The van der Waals surface area contributed by atoms with Crippen molar-refractivity contribution in [3.05, 3.63) is 16.0 Å². The summed E-state index contributed by atoms with van der Waals surface area (Å²) in [6.45, 7) is 5.22. The summed E-state index contributed by atoms with van der Waals surface area (Å²) in [7, 11) is 1.28. The van der Waals surface area contributed by atoms with Crippen LogP contribution in [0.15, 0.2) is 0 Å². The number of nitrogens with zero attached hydrogens (tertiary/aromatic N) is 3. The van der Waals surface area contributed by atoms with E-state index in [9.17, 15) is 4.79 Å². The van der Waals surface area contributed by atoms with Gasteiger partial charge in [-0.15, -0.1) is 0 Å². The Morgan fingerprint density at radius 1 is 1.29 bits per heavy atom. The molecular formula is C10H13Cl2N3O2. The maximum atomic E-state index is 11.6. The summed E-state index contributed by atoms with van der Waals surface area (Å²) in [4.78, 5) is 21.3. The summed E-state index contributed by atoms with van der Waals surface area (Å²) in [6.07, 6.45) is 0. The van der Waals surface area contributed by atoms with Gasteiger partial charge >= 0.3 is 5.97 Å². The summed E-state index contributed by atoms with van der Waals surface area (Å²) in [5.41, 5.74) is 0.141. The average Bonchev–Trinajstić information content (AvgIpc) is 2.29. The van der Waals surface area contributed by atoms with Gasteiger partial charge in [0, 0.05) is 13.1 Å². The first-order chi connectivity index (χ1) is 8.04. The maximum Gasteiger partial charge on any atom is 0.344 e. The number of esters is 1. The Balaban J connectivity index is 3.39. The van der Waals surface area contributed by atoms with E-state index in [2.05, 4.69) is 14.7 Å². The number of methoxy groups -OCH3 is 1. The fourth-order valence-electron chi connectivity index (χ4n) is 1.43. The van der Waals surface area contributed by atoms with Crippen molar-refractivity contribution < 1.29 is 9.53 Å². The van der Waals surface area contributed by atoms with Gasteiger partial charge in [-0.25, -0.2) is 9.78 Å². The number of aromatic nitrogens is 2.